The van der Waals surface area contributed by atoms with Crippen LogP contribution in [0.4, 0.5) is 8.78 Å². The highest BCUT2D eigenvalue weighted by Gasteiger charge is 2.04. The van der Waals surface area contributed by atoms with E-state index >= 15 is 0 Å². The van der Waals surface area contributed by atoms with Crippen molar-refractivity contribution in [3.63, 3.8) is 0 Å². The van der Waals surface area contributed by atoms with Crippen molar-refractivity contribution < 1.29 is 8.78 Å². The molecular formula is C12H17F2N. The number of hydrogen-bond acceptors (Lipinski definition) is 1. The molecule has 0 aliphatic carbocycles. The molecule has 84 valence electrons. The lowest BCUT2D eigenvalue weighted by Gasteiger charge is -1.98. The van der Waals surface area contributed by atoms with Crippen molar-refractivity contribution in [2.24, 2.45) is 5.92 Å². The maximum Gasteiger partial charge on any atom is 0.132 e. The predicted molar refractivity (Wildman–Crippen MR) is 59.4 cm³/mol. The van der Waals surface area contributed by atoms with Crippen molar-refractivity contribution >= 4 is 5.71 Å². The molecule has 1 aromatic carbocycles. The molecule has 0 heterocycles. The van der Waals surface area contributed by atoms with Gasteiger partial charge in [0.15, 0.2) is 0 Å². The SMILES string of the molecule is CC(=N)c1cc(F)ccc1F.CC(C)C. The van der Waals surface area contributed by atoms with Crippen LogP contribution in [0.15, 0.2) is 18.2 Å². The highest BCUT2D eigenvalue weighted by Crippen LogP contribution is 2.09. The average molecular weight is 213 g/mol. The van der Waals surface area contributed by atoms with Gasteiger partial charge in [0.25, 0.3) is 0 Å². The lowest BCUT2D eigenvalue weighted by atomic mass is 10.1. The molecule has 0 aromatic heterocycles. The highest BCUT2D eigenvalue weighted by atomic mass is 19.1. The molecule has 0 spiro atoms. The first kappa shape index (κ1) is 13.8. The van der Waals surface area contributed by atoms with Crippen LogP contribution in [-0.2, 0) is 0 Å². The largest absolute Gasteiger partial charge is 0.305 e. The monoisotopic (exact) mass is 213 g/mol. The van der Waals surface area contributed by atoms with Crippen molar-refractivity contribution in [3.8, 4) is 0 Å². The topological polar surface area (TPSA) is 23.9 Å². The van der Waals surface area contributed by atoms with E-state index in [1.54, 1.807) is 0 Å². The maximum absolute atomic E-state index is 12.7. The molecule has 0 atom stereocenters. The van der Waals surface area contributed by atoms with E-state index in [-0.39, 0.29) is 11.3 Å². The van der Waals surface area contributed by atoms with Gasteiger partial charge in [-0.2, -0.15) is 0 Å². The third kappa shape index (κ3) is 5.94. The first-order valence-electron chi connectivity index (χ1n) is 4.85. The number of benzene rings is 1. The van der Waals surface area contributed by atoms with E-state index in [0.29, 0.717) is 0 Å². The van der Waals surface area contributed by atoms with E-state index in [0.717, 1.165) is 24.1 Å². The van der Waals surface area contributed by atoms with Gasteiger partial charge in [-0.25, -0.2) is 8.78 Å². The van der Waals surface area contributed by atoms with Crippen LogP contribution in [0, 0.1) is 23.0 Å². The summed E-state index contributed by atoms with van der Waals surface area (Å²) in [6.45, 7) is 7.91. The summed E-state index contributed by atoms with van der Waals surface area (Å²) in [6.07, 6.45) is 0. The summed E-state index contributed by atoms with van der Waals surface area (Å²) >= 11 is 0. The molecule has 0 saturated carbocycles. The third-order valence-corrected chi connectivity index (χ3v) is 1.33. The lowest BCUT2D eigenvalue weighted by molar-refractivity contribution is 0.598. The Morgan fingerprint density at radius 3 is 2.00 bits per heavy atom. The van der Waals surface area contributed by atoms with Crippen LogP contribution in [0.1, 0.15) is 33.3 Å². The molecule has 0 aliphatic heterocycles. The molecule has 1 rings (SSSR count). The Hall–Kier alpha value is -1.25. The van der Waals surface area contributed by atoms with Crippen LogP contribution < -0.4 is 0 Å². The molecule has 0 unspecified atom stereocenters. The smallest absolute Gasteiger partial charge is 0.132 e. The molecule has 0 fully saturated rings. The Bertz CT molecular complexity index is 330. The third-order valence-electron chi connectivity index (χ3n) is 1.33. The Kier molecular flexibility index (Phi) is 5.75. The summed E-state index contributed by atoms with van der Waals surface area (Å²) < 4.78 is 25.2. The summed E-state index contributed by atoms with van der Waals surface area (Å²) in [7, 11) is 0. The van der Waals surface area contributed by atoms with Crippen molar-refractivity contribution in [2.75, 3.05) is 0 Å². The molecule has 1 nitrogen and oxygen atoms in total. The maximum atomic E-state index is 12.7. The van der Waals surface area contributed by atoms with E-state index < -0.39 is 11.6 Å². The number of halogens is 2. The van der Waals surface area contributed by atoms with E-state index in [1.165, 1.54) is 6.92 Å². The minimum Gasteiger partial charge on any atom is -0.305 e. The predicted octanol–water partition coefficient (Wildman–Crippen LogP) is 4.01. The van der Waals surface area contributed by atoms with Gasteiger partial charge in [-0.1, -0.05) is 20.8 Å². The van der Waals surface area contributed by atoms with Crippen LogP contribution in [0.25, 0.3) is 0 Å². The Morgan fingerprint density at radius 1 is 1.20 bits per heavy atom. The summed E-state index contributed by atoms with van der Waals surface area (Å²) in [6, 6.07) is 3.06. The van der Waals surface area contributed by atoms with Gasteiger partial charge in [0, 0.05) is 11.3 Å². The molecule has 0 radical (unpaired) electrons. The zero-order chi connectivity index (χ0) is 12.0. The van der Waals surface area contributed by atoms with Gasteiger partial charge in [0.2, 0.25) is 0 Å². The fourth-order valence-electron chi connectivity index (χ4n) is 0.785. The normalized spacial score (nSPS) is 9.53. The van der Waals surface area contributed by atoms with Gasteiger partial charge in [0.1, 0.15) is 11.6 Å². The van der Waals surface area contributed by atoms with Crippen molar-refractivity contribution in [1.29, 1.82) is 5.41 Å². The summed E-state index contributed by atoms with van der Waals surface area (Å²) in [4.78, 5) is 0. The summed E-state index contributed by atoms with van der Waals surface area (Å²) in [5.74, 6) is -0.244. The number of hydrogen-bond donors (Lipinski definition) is 1. The van der Waals surface area contributed by atoms with Gasteiger partial charge in [-0.15, -0.1) is 0 Å². The molecule has 1 N–H and O–H groups in total. The Labute approximate surface area is 89.6 Å². The van der Waals surface area contributed by atoms with Gasteiger partial charge in [-0.3, -0.25) is 0 Å². The summed E-state index contributed by atoms with van der Waals surface area (Å²) in [5.41, 5.74) is 0.0481. The second kappa shape index (κ2) is 6.27. The molecule has 0 bridgehead atoms. The van der Waals surface area contributed by atoms with Crippen LogP contribution in [0.5, 0.6) is 0 Å². The molecule has 0 saturated heterocycles. The van der Waals surface area contributed by atoms with E-state index in [9.17, 15) is 8.78 Å². The van der Waals surface area contributed by atoms with Gasteiger partial charge < -0.3 is 5.41 Å². The molecule has 15 heavy (non-hydrogen) atoms. The molecule has 1 aromatic rings. The first-order valence-corrected chi connectivity index (χ1v) is 4.85. The van der Waals surface area contributed by atoms with Crippen LogP contribution in [-0.4, -0.2) is 5.71 Å². The van der Waals surface area contributed by atoms with E-state index in [1.807, 2.05) is 0 Å². The quantitative estimate of drug-likeness (QED) is 0.681. The minimum atomic E-state index is -0.557. The van der Waals surface area contributed by atoms with Crippen LogP contribution in [0.3, 0.4) is 0 Å². The van der Waals surface area contributed by atoms with Crippen LogP contribution in [0.2, 0.25) is 0 Å². The van der Waals surface area contributed by atoms with Gasteiger partial charge in [0.05, 0.1) is 0 Å². The molecular weight excluding hydrogens is 196 g/mol. The Balaban J connectivity index is 0.000000423. The zero-order valence-electron chi connectivity index (χ0n) is 9.57. The minimum absolute atomic E-state index is 0.0185. The second-order valence-electron chi connectivity index (χ2n) is 3.98. The lowest BCUT2D eigenvalue weighted by Crippen LogP contribution is -1.97. The summed E-state index contributed by atoms with van der Waals surface area (Å²) in [5, 5.41) is 7.07. The fraction of sp³-hybridized carbons (Fsp3) is 0.417. The number of rotatable bonds is 1. The fourth-order valence-corrected chi connectivity index (χ4v) is 0.785. The average Bonchev–Trinajstić information content (AvgIpc) is 2.08. The van der Waals surface area contributed by atoms with Crippen molar-refractivity contribution in [3.05, 3.63) is 35.4 Å². The van der Waals surface area contributed by atoms with Crippen molar-refractivity contribution in [2.45, 2.75) is 27.7 Å². The second-order valence-corrected chi connectivity index (χ2v) is 3.98. The number of nitrogens with one attached hydrogen (secondary N) is 1. The van der Waals surface area contributed by atoms with Crippen LogP contribution >= 0.6 is 0 Å². The molecule has 3 heteroatoms. The standard InChI is InChI=1S/C8H7F2N.C4H10/c1-5(11)7-4-6(9)2-3-8(7)10;1-4(2)3/h2-4,11H,1H3;4H,1-3H3. The first-order chi connectivity index (χ1) is 6.84. The Morgan fingerprint density at radius 2 is 1.67 bits per heavy atom. The zero-order valence-corrected chi connectivity index (χ0v) is 9.57. The van der Waals surface area contributed by atoms with Gasteiger partial charge >= 0.3 is 0 Å². The highest BCUT2D eigenvalue weighted by molar-refractivity contribution is 5.96. The molecule has 0 amide bonds. The van der Waals surface area contributed by atoms with E-state index in [4.69, 9.17) is 5.41 Å². The van der Waals surface area contributed by atoms with Crippen molar-refractivity contribution in [1.82, 2.24) is 0 Å². The van der Waals surface area contributed by atoms with E-state index in [2.05, 4.69) is 20.8 Å². The molecule has 0 aliphatic rings. The van der Waals surface area contributed by atoms with Gasteiger partial charge in [-0.05, 0) is 31.0 Å².